The first-order chi connectivity index (χ1) is 19.3. The third-order valence-corrected chi connectivity index (χ3v) is 7.95. The Balaban J connectivity index is 1.46. The average molecular weight is 570 g/mol. The molecule has 1 fully saturated rings. The molecule has 40 heavy (non-hydrogen) atoms. The van der Waals surface area contributed by atoms with Crippen molar-refractivity contribution >= 4 is 28.7 Å². The molecule has 1 saturated heterocycles. The first-order valence-electron chi connectivity index (χ1n) is 13.7. The first kappa shape index (κ1) is 28.1. The number of piperazine rings is 1. The normalized spacial score (nSPS) is 15.3. The summed E-state index contributed by atoms with van der Waals surface area (Å²) in [6.07, 6.45) is 2.30. The predicted molar refractivity (Wildman–Crippen MR) is 155 cm³/mol. The standard InChI is InChI=1S/C27H36ClN9O3/c1-5-18(9-10-29-2)16-35-11-13-36(14-12-35)26-30-23-22(25(38)34(4)27(39)33(23)3)37(26)17-21-31-32-24(40-21)19-7-6-8-20(28)15-19/h6-8,15,18,29H,5,9-14,16-17H2,1-4H3. The molecule has 0 radical (unpaired) electrons. The highest BCUT2D eigenvalue weighted by Crippen LogP contribution is 2.25. The lowest BCUT2D eigenvalue weighted by atomic mass is 10.0. The second-order valence-electron chi connectivity index (χ2n) is 10.3. The maximum atomic E-state index is 13.3. The molecule has 0 amide bonds. The van der Waals surface area contributed by atoms with Gasteiger partial charge in [0.1, 0.15) is 6.54 Å². The Labute approximate surface area is 237 Å². The van der Waals surface area contributed by atoms with Gasteiger partial charge in [-0.25, -0.2) is 4.79 Å². The molecule has 0 bridgehead atoms. The Morgan fingerprint density at radius 3 is 2.58 bits per heavy atom. The molecule has 214 valence electrons. The van der Waals surface area contributed by atoms with Gasteiger partial charge < -0.3 is 14.6 Å². The molecule has 1 aliphatic rings. The Bertz CT molecular complexity index is 1600. The topological polar surface area (TPSA) is 119 Å². The van der Waals surface area contributed by atoms with E-state index in [4.69, 9.17) is 21.0 Å². The minimum Gasteiger partial charge on any atom is -0.419 e. The smallest absolute Gasteiger partial charge is 0.332 e. The second-order valence-corrected chi connectivity index (χ2v) is 10.8. The number of halogens is 1. The molecule has 1 N–H and O–H groups in total. The fourth-order valence-corrected chi connectivity index (χ4v) is 5.48. The summed E-state index contributed by atoms with van der Waals surface area (Å²) < 4.78 is 10.3. The van der Waals surface area contributed by atoms with Crippen molar-refractivity contribution in [2.24, 2.45) is 20.0 Å². The molecule has 1 aromatic carbocycles. The molecule has 3 aromatic heterocycles. The van der Waals surface area contributed by atoms with E-state index >= 15 is 0 Å². The van der Waals surface area contributed by atoms with Gasteiger partial charge in [0.15, 0.2) is 11.2 Å². The summed E-state index contributed by atoms with van der Waals surface area (Å²) in [4.78, 5) is 35.5. The lowest BCUT2D eigenvalue weighted by Crippen LogP contribution is -2.48. The number of anilines is 1. The largest absolute Gasteiger partial charge is 0.419 e. The third-order valence-electron chi connectivity index (χ3n) is 7.71. The molecular formula is C27H36ClN9O3. The predicted octanol–water partition coefficient (Wildman–Crippen LogP) is 1.94. The number of nitrogens with zero attached hydrogens (tertiary/aromatic N) is 8. The number of imidazole rings is 1. The SMILES string of the molecule is CCC(CCNC)CN1CCN(c2nc3c(c(=O)n(C)c(=O)n3C)n2Cc2nnc(-c3cccc(Cl)c3)o2)CC1. The van der Waals surface area contributed by atoms with Crippen LogP contribution < -0.4 is 21.5 Å². The molecule has 1 unspecified atom stereocenters. The molecule has 1 atom stereocenters. The van der Waals surface area contributed by atoms with Gasteiger partial charge in [-0.1, -0.05) is 31.0 Å². The number of fused-ring (bicyclic) bond motifs is 1. The Hall–Kier alpha value is -3.48. The van der Waals surface area contributed by atoms with E-state index in [2.05, 4.69) is 32.2 Å². The van der Waals surface area contributed by atoms with Gasteiger partial charge in [0.2, 0.25) is 17.7 Å². The van der Waals surface area contributed by atoms with Crippen LogP contribution >= 0.6 is 11.6 Å². The molecule has 4 heterocycles. The van der Waals surface area contributed by atoms with Crippen molar-refractivity contribution in [2.45, 2.75) is 26.3 Å². The quantitative estimate of drug-likeness (QED) is 0.305. The van der Waals surface area contributed by atoms with Crippen molar-refractivity contribution in [2.75, 3.05) is 51.2 Å². The highest BCUT2D eigenvalue weighted by molar-refractivity contribution is 6.30. The fraction of sp³-hybridized carbons (Fsp3) is 0.519. The number of benzene rings is 1. The Kier molecular flexibility index (Phi) is 8.38. The number of nitrogens with one attached hydrogen (secondary N) is 1. The van der Waals surface area contributed by atoms with Crippen LogP contribution in [-0.4, -0.2) is 80.1 Å². The molecular weight excluding hydrogens is 534 g/mol. The third kappa shape index (κ3) is 5.56. The molecule has 0 spiro atoms. The summed E-state index contributed by atoms with van der Waals surface area (Å²) in [5, 5.41) is 12.3. The molecule has 0 saturated carbocycles. The number of hydrogen-bond donors (Lipinski definition) is 1. The molecule has 1 aliphatic heterocycles. The number of aromatic nitrogens is 6. The molecule has 0 aliphatic carbocycles. The van der Waals surface area contributed by atoms with Gasteiger partial charge in [0.25, 0.3) is 5.56 Å². The van der Waals surface area contributed by atoms with Crippen LogP contribution in [0.5, 0.6) is 0 Å². The highest BCUT2D eigenvalue weighted by atomic mass is 35.5. The van der Waals surface area contributed by atoms with Crippen LogP contribution in [0.4, 0.5) is 5.95 Å². The number of aryl methyl sites for hydroxylation is 1. The summed E-state index contributed by atoms with van der Waals surface area (Å²) in [6, 6.07) is 7.19. The molecule has 13 heteroatoms. The van der Waals surface area contributed by atoms with E-state index in [-0.39, 0.29) is 6.54 Å². The maximum absolute atomic E-state index is 13.3. The van der Waals surface area contributed by atoms with Gasteiger partial charge in [-0.05, 0) is 44.1 Å². The van der Waals surface area contributed by atoms with E-state index in [0.29, 0.717) is 45.4 Å². The van der Waals surface area contributed by atoms with Gasteiger partial charge in [-0.3, -0.25) is 23.4 Å². The van der Waals surface area contributed by atoms with E-state index < -0.39 is 11.2 Å². The van der Waals surface area contributed by atoms with Gasteiger partial charge in [0, 0.05) is 57.4 Å². The van der Waals surface area contributed by atoms with Crippen molar-refractivity contribution in [3.63, 3.8) is 0 Å². The maximum Gasteiger partial charge on any atom is 0.332 e. The van der Waals surface area contributed by atoms with Gasteiger partial charge in [-0.15, -0.1) is 10.2 Å². The van der Waals surface area contributed by atoms with Crippen LogP contribution in [0.15, 0.2) is 38.3 Å². The van der Waals surface area contributed by atoms with Gasteiger partial charge in [-0.2, -0.15) is 4.98 Å². The van der Waals surface area contributed by atoms with E-state index in [9.17, 15) is 9.59 Å². The van der Waals surface area contributed by atoms with Crippen molar-refractivity contribution < 1.29 is 4.42 Å². The first-order valence-corrected chi connectivity index (χ1v) is 14.0. The molecule has 12 nitrogen and oxygen atoms in total. The van der Waals surface area contributed by atoms with Crippen molar-refractivity contribution in [1.29, 1.82) is 0 Å². The van der Waals surface area contributed by atoms with Gasteiger partial charge in [0.05, 0.1) is 0 Å². The molecule has 4 aromatic rings. The fourth-order valence-electron chi connectivity index (χ4n) is 5.29. The van der Waals surface area contributed by atoms with E-state index in [1.807, 2.05) is 19.2 Å². The minimum atomic E-state index is -0.424. The van der Waals surface area contributed by atoms with Crippen LogP contribution in [-0.2, 0) is 20.6 Å². The lowest BCUT2D eigenvalue weighted by molar-refractivity contribution is 0.208. The highest BCUT2D eigenvalue weighted by Gasteiger charge is 2.27. The average Bonchev–Trinajstić information content (AvgIpc) is 3.59. The zero-order valence-electron chi connectivity index (χ0n) is 23.4. The summed E-state index contributed by atoms with van der Waals surface area (Å²) in [5.74, 6) is 1.91. The van der Waals surface area contributed by atoms with Crippen LogP contribution in [0.1, 0.15) is 25.7 Å². The second kappa shape index (κ2) is 11.9. The van der Waals surface area contributed by atoms with Crippen molar-refractivity contribution in [3.05, 3.63) is 56.0 Å². The summed E-state index contributed by atoms with van der Waals surface area (Å²) in [7, 11) is 5.10. The zero-order valence-corrected chi connectivity index (χ0v) is 24.2. The van der Waals surface area contributed by atoms with Crippen molar-refractivity contribution in [3.8, 4) is 11.5 Å². The summed E-state index contributed by atoms with van der Waals surface area (Å²) >= 11 is 6.14. The monoisotopic (exact) mass is 569 g/mol. The number of hydrogen-bond acceptors (Lipinski definition) is 9. The van der Waals surface area contributed by atoms with Crippen LogP contribution in [0.3, 0.4) is 0 Å². The van der Waals surface area contributed by atoms with Crippen LogP contribution in [0, 0.1) is 5.92 Å². The summed E-state index contributed by atoms with van der Waals surface area (Å²) in [6.45, 7) is 7.73. The zero-order chi connectivity index (χ0) is 28.4. The van der Waals surface area contributed by atoms with E-state index in [0.717, 1.165) is 56.7 Å². The Morgan fingerprint density at radius 1 is 1.10 bits per heavy atom. The lowest BCUT2D eigenvalue weighted by Gasteiger charge is -2.37. The molecule has 5 rings (SSSR count). The van der Waals surface area contributed by atoms with Crippen LogP contribution in [0.25, 0.3) is 22.6 Å². The van der Waals surface area contributed by atoms with Crippen LogP contribution in [0.2, 0.25) is 5.02 Å². The minimum absolute atomic E-state index is 0.134. The van der Waals surface area contributed by atoms with Gasteiger partial charge >= 0.3 is 5.69 Å². The summed E-state index contributed by atoms with van der Waals surface area (Å²) in [5.41, 5.74) is 0.518. The van der Waals surface area contributed by atoms with Crippen molar-refractivity contribution in [1.82, 2.24) is 39.1 Å². The number of rotatable bonds is 10. The van der Waals surface area contributed by atoms with E-state index in [1.165, 1.54) is 11.6 Å². The van der Waals surface area contributed by atoms with E-state index in [1.54, 1.807) is 23.7 Å². The Morgan fingerprint density at radius 2 is 1.88 bits per heavy atom.